The van der Waals surface area contributed by atoms with Gasteiger partial charge in [-0.3, -0.25) is 4.99 Å². The Morgan fingerprint density at radius 3 is 2.75 bits per heavy atom. The molecule has 0 fully saturated rings. The number of rotatable bonds is 2. The Bertz CT molecular complexity index is 534. The van der Waals surface area contributed by atoms with E-state index >= 15 is 0 Å². The first-order valence-corrected chi connectivity index (χ1v) is 6.98. The Morgan fingerprint density at radius 2 is 2.12 bits per heavy atom. The molecule has 2 aromatic rings. The van der Waals surface area contributed by atoms with Crippen molar-refractivity contribution < 1.29 is 0 Å². The number of benzene rings is 1. The Labute approximate surface area is 117 Å². The highest BCUT2D eigenvalue weighted by molar-refractivity contribution is 14.1. The van der Waals surface area contributed by atoms with Crippen LogP contribution in [0.1, 0.15) is 10.4 Å². The van der Waals surface area contributed by atoms with Crippen molar-refractivity contribution in [2.45, 2.75) is 6.92 Å². The van der Waals surface area contributed by atoms with Crippen molar-refractivity contribution in [3.05, 3.63) is 48.7 Å². The SMILES string of the molecule is Cc1cc(N=Cc2ccc(Cl)s2)ccc1I. The number of thiophene rings is 1. The molecule has 82 valence electrons. The van der Waals surface area contributed by atoms with Crippen molar-refractivity contribution in [2.24, 2.45) is 4.99 Å². The minimum Gasteiger partial charge on any atom is -0.255 e. The zero-order valence-electron chi connectivity index (χ0n) is 8.58. The molecule has 1 nitrogen and oxygen atoms in total. The molecule has 16 heavy (non-hydrogen) atoms. The van der Waals surface area contributed by atoms with Gasteiger partial charge in [-0.25, -0.2) is 0 Å². The fraction of sp³-hybridized carbons (Fsp3) is 0.0833. The molecule has 0 amide bonds. The average molecular weight is 362 g/mol. The molecule has 0 bridgehead atoms. The van der Waals surface area contributed by atoms with Crippen LogP contribution in [0.4, 0.5) is 5.69 Å². The van der Waals surface area contributed by atoms with E-state index < -0.39 is 0 Å². The molecule has 0 atom stereocenters. The summed E-state index contributed by atoms with van der Waals surface area (Å²) in [4.78, 5) is 5.49. The Hall–Kier alpha value is -0.390. The molecule has 4 heteroatoms. The lowest BCUT2D eigenvalue weighted by atomic mass is 10.2. The molecule has 0 saturated heterocycles. The van der Waals surface area contributed by atoms with Gasteiger partial charge in [-0.15, -0.1) is 11.3 Å². The van der Waals surface area contributed by atoms with E-state index in [1.54, 1.807) is 0 Å². The maximum atomic E-state index is 5.84. The van der Waals surface area contributed by atoms with Gasteiger partial charge in [-0.1, -0.05) is 11.6 Å². The third-order valence-electron chi connectivity index (χ3n) is 2.08. The smallest absolute Gasteiger partial charge is 0.0935 e. The average Bonchev–Trinajstić information content (AvgIpc) is 2.66. The molecule has 1 aromatic carbocycles. The lowest BCUT2D eigenvalue weighted by Gasteiger charge is -1.98. The van der Waals surface area contributed by atoms with Crippen LogP contribution in [0.25, 0.3) is 0 Å². The van der Waals surface area contributed by atoms with Crippen LogP contribution in [-0.2, 0) is 0 Å². The number of aliphatic imine (C=N–C) groups is 1. The van der Waals surface area contributed by atoms with Crippen molar-refractivity contribution in [2.75, 3.05) is 0 Å². The zero-order valence-corrected chi connectivity index (χ0v) is 12.3. The van der Waals surface area contributed by atoms with Crippen molar-refractivity contribution >= 4 is 57.4 Å². The minimum atomic E-state index is 0.792. The number of halogens is 2. The minimum absolute atomic E-state index is 0.792. The van der Waals surface area contributed by atoms with Crippen LogP contribution in [0.5, 0.6) is 0 Å². The third kappa shape index (κ3) is 3.06. The Morgan fingerprint density at radius 1 is 1.31 bits per heavy atom. The highest BCUT2D eigenvalue weighted by Gasteiger charge is 1.96. The highest BCUT2D eigenvalue weighted by Crippen LogP contribution is 2.22. The number of hydrogen-bond acceptors (Lipinski definition) is 2. The quantitative estimate of drug-likeness (QED) is 0.523. The van der Waals surface area contributed by atoms with Crippen molar-refractivity contribution in [1.82, 2.24) is 0 Å². The first-order chi connectivity index (χ1) is 7.65. The Kier molecular flexibility index (Phi) is 4.00. The molecule has 2 rings (SSSR count). The normalized spacial score (nSPS) is 11.2. The van der Waals surface area contributed by atoms with Crippen LogP contribution in [0.3, 0.4) is 0 Å². The van der Waals surface area contributed by atoms with Crippen LogP contribution in [-0.4, -0.2) is 6.21 Å². The first kappa shape index (κ1) is 12.1. The van der Waals surface area contributed by atoms with Gasteiger partial charge in [0.25, 0.3) is 0 Å². The maximum Gasteiger partial charge on any atom is 0.0935 e. The van der Waals surface area contributed by atoms with E-state index in [2.05, 4.69) is 46.6 Å². The second-order valence-corrected chi connectivity index (χ2v) is 6.24. The van der Waals surface area contributed by atoms with Crippen molar-refractivity contribution in [3.8, 4) is 0 Å². The van der Waals surface area contributed by atoms with Crippen LogP contribution >= 0.6 is 45.5 Å². The highest BCUT2D eigenvalue weighted by atomic mass is 127. The van der Waals surface area contributed by atoms with Crippen LogP contribution in [0.2, 0.25) is 4.34 Å². The van der Waals surface area contributed by atoms with Gasteiger partial charge >= 0.3 is 0 Å². The largest absolute Gasteiger partial charge is 0.255 e. The molecule has 0 N–H and O–H groups in total. The zero-order chi connectivity index (χ0) is 11.5. The van der Waals surface area contributed by atoms with Crippen molar-refractivity contribution in [3.63, 3.8) is 0 Å². The predicted molar refractivity (Wildman–Crippen MR) is 80.5 cm³/mol. The van der Waals surface area contributed by atoms with Gasteiger partial charge in [-0.2, -0.15) is 0 Å². The fourth-order valence-electron chi connectivity index (χ4n) is 1.24. The fourth-order valence-corrected chi connectivity index (χ4v) is 2.51. The van der Waals surface area contributed by atoms with E-state index in [-0.39, 0.29) is 0 Å². The summed E-state index contributed by atoms with van der Waals surface area (Å²) < 4.78 is 2.05. The van der Waals surface area contributed by atoms with Gasteiger partial charge in [0.15, 0.2) is 0 Å². The molecule has 0 aliphatic heterocycles. The topological polar surface area (TPSA) is 12.4 Å². The van der Waals surface area contributed by atoms with Gasteiger partial charge in [0.1, 0.15) is 0 Å². The lowest BCUT2D eigenvalue weighted by molar-refractivity contribution is 1.40. The van der Waals surface area contributed by atoms with E-state index in [4.69, 9.17) is 11.6 Å². The summed E-state index contributed by atoms with van der Waals surface area (Å²) in [6.07, 6.45) is 1.85. The van der Waals surface area contributed by atoms with E-state index in [9.17, 15) is 0 Å². The van der Waals surface area contributed by atoms with E-state index in [1.165, 1.54) is 20.5 Å². The standard InChI is InChI=1S/C12H9ClINS/c1-8-6-9(2-4-11(8)14)15-7-10-3-5-12(13)16-10/h2-7H,1H3. The second-order valence-electron chi connectivity index (χ2n) is 3.33. The van der Waals surface area contributed by atoms with E-state index in [1.807, 2.05) is 24.4 Å². The molecular formula is C12H9ClINS. The molecular weight excluding hydrogens is 353 g/mol. The first-order valence-electron chi connectivity index (χ1n) is 4.71. The molecule has 1 heterocycles. The summed E-state index contributed by atoms with van der Waals surface area (Å²) in [5.74, 6) is 0. The lowest BCUT2D eigenvalue weighted by Crippen LogP contribution is -1.78. The number of aryl methyl sites for hydroxylation is 1. The van der Waals surface area contributed by atoms with Gasteiger partial charge in [0, 0.05) is 14.7 Å². The predicted octanol–water partition coefficient (Wildman–Crippen LogP) is 5.07. The van der Waals surface area contributed by atoms with Crippen LogP contribution < -0.4 is 0 Å². The summed E-state index contributed by atoms with van der Waals surface area (Å²) in [6, 6.07) is 10.0. The molecule has 0 aliphatic carbocycles. The molecule has 1 aromatic heterocycles. The van der Waals surface area contributed by atoms with E-state index in [0.717, 1.165) is 14.9 Å². The van der Waals surface area contributed by atoms with Gasteiger partial charge < -0.3 is 0 Å². The second kappa shape index (κ2) is 5.29. The van der Waals surface area contributed by atoms with Crippen molar-refractivity contribution in [1.29, 1.82) is 0 Å². The molecule has 0 saturated carbocycles. The number of hydrogen-bond donors (Lipinski definition) is 0. The monoisotopic (exact) mass is 361 g/mol. The molecule has 0 aliphatic rings. The van der Waals surface area contributed by atoms with Crippen LogP contribution in [0, 0.1) is 10.5 Å². The Balaban J connectivity index is 2.20. The summed E-state index contributed by atoms with van der Waals surface area (Å²) in [7, 11) is 0. The van der Waals surface area contributed by atoms with E-state index in [0.29, 0.717) is 0 Å². The molecule has 0 spiro atoms. The van der Waals surface area contributed by atoms with Gasteiger partial charge in [-0.05, 0) is 65.4 Å². The summed E-state index contributed by atoms with van der Waals surface area (Å²) in [5, 5.41) is 0. The summed E-state index contributed by atoms with van der Waals surface area (Å²) in [6.45, 7) is 2.09. The van der Waals surface area contributed by atoms with Gasteiger partial charge in [0.2, 0.25) is 0 Å². The summed E-state index contributed by atoms with van der Waals surface area (Å²) >= 11 is 9.69. The van der Waals surface area contributed by atoms with Gasteiger partial charge in [0.05, 0.1) is 10.0 Å². The number of nitrogens with zero attached hydrogens (tertiary/aromatic N) is 1. The molecule has 0 unspecified atom stereocenters. The summed E-state index contributed by atoms with van der Waals surface area (Å²) in [5.41, 5.74) is 2.22. The maximum absolute atomic E-state index is 5.84. The molecule has 0 radical (unpaired) electrons. The third-order valence-corrected chi connectivity index (χ3v) is 4.45. The van der Waals surface area contributed by atoms with Crippen LogP contribution in [0.15, 0.2) is 35.3 Å².